The highest BCUT2D eigenvalue weighted by Crippen LogP contribution is 2.14. The minimum atomic E-state index is -5.17. The van der Waals surface area contributed by atoms with E-state index in [0.29, 0.717) is 0 Å². The summed E-state index contributed by atoms with van der Waals surface area (Å²) >= 11 is 0. The highest BCUT2D eigenvalue weighted by Gasteiger charge is 2.00. The molecule has 19 heavy (non-hydrogen) atoms. The van der Waals surface area contributed by atoms with E-state index in [1.807, 2.05) is 23.2 Å². The first-order chi connectivity index (χ1) is 8.75. The number of aromatic nitrogens is 2. The van der Waals surface area contributed by atoms with Gasteiger partial charge in [-0.05, 0) is 11.1 Å². The fourth-order valence-electron chi connectivity index (χ4n) is 1.39. The van der Waals surface area contributed by atoms with E-state index >= 15 is 0 Å². The molecule has 0 saturated heterocycles. The van der Waals surface area contributed by atoms with Crippen LogP contribution in [0.4, 0.5) is 0 Å². The summed E-state index contributed by atoms with van der Waals surface area (Å²) in [4.78, 5) is 0. The van der Waals surface area contributed by atoms with Crippen molar-refractivity contribution in [2.75, 3.05) is 0 Å². The fourth-order valence-corrected chi connectivity index (χ4v) is 1.39. The first-order valence-electron chi connectivity index (χ1n) is 5.33. The van der Waals surface area contributed by atoms with Crippen molar-refractivity contribution in [2.45, 2.75) is 0 Å². The first-order valence-corrected chi connectivity index (χ1v) is 6.67. The molecule has 0 aliphatic carbocycles. The van der Waals surface area contributed by atoms with Gasteiger partial charge in [0.25, 0.3) is 0 Å². The molecule has 0 aliphatic rings. The van der Waals surface area contributed by atoms with Crippen molar-refractivity contribution >= 4 is 10.4 Å². The average Bonchev–Trinajstić information content (AvgIpc) is 2.29. The van der Waals surface area contributed by atoms with Gasteiger partial charge in [-0.2, -0.15) is 0 Å². The van der Waals surface area contributed by atoms with Gasteiger partial charge in [0.1, 0.15) is 14.1 Å². The van der Waals surface area contributed by atoms with Crippen LogP contribution in [-0.2, 0) is 24.5 Å². The van der Waals surface area contributed by atoms with E-state index in [9.17, 15) is 0 Å². The zero-order valence-electron chi connectivity index (χ0n) is 10.6. The third-order valence-electron chi connectivity index (χ3n) is 2.29. The van der Waals surface area contributed by atoms with Crippen LogP contribution in [0.5, 0.6) is 0 Å². The Bertz CT molecular complexity index is 570. The minimum Gasteiger partial charge on any atom is -0.759 e. The summed E-state index contributed by atoms with van der Waals surface area (Å²) in [6, 6.07) is 8.48. The van der Waals surface area contributed by atoms with Gasteiger partial charge >= 0.3 is 0 Å². The van der Waals surface area contributed by atoms with Gasteiger partial charge in [-0.15, -0.1) is 0 Å². The summed E-state index contributed by atoms with van der Waals surface area (Å²) in [5.41, 5.74) is 2.51. The summed E-state index contributed by atoms with van der Waals surface area (Å²) in [6.07, 6.45) is 8.23. The maximum atomic E-state index is 8.52. The highest BCUT2D eigenvalue weighted by atomic mass is 32.3. The van der Waals surface area contributed by atoms with Crippen LogP contribution in [0, 0.1) is 0 Å². The van der Waals surface area contributed by atoms with Crippen LogP contribution < -0.4 is 9.13 Å². The van der Waals surface area contributed by atoms with Crippen molar-refractivity contribution < 1.29 is 26.7 Å². The van der Waals surface area contributed by atoms with Crippen molar-refractivity contribution in [3.8, 4) is 11.1 Å². The first kappa shape index (κ1) is 15.2. The number of hydrogen-bond donors (Lipinski definition) is 0. The molecular formula is C12H14N2O4S. The molecule has 0 radical (unpaired) electrons. The lowest BCUT2D eigenvalue weighted by atomic mass is 10.1. The molecule has 0 aromatic carbocycles. The number of rotatable bonds is 1. The second-order valence-electron chi connectivity index (χ2n) is 3.91. The largest absolute Gasteiger partial charge is 0.759 e. The van der Waals surface area contributed by atoms with E-state index in [1.165, 1.54) is 11.1 Å². The van der Waals surface area contributed by atoms with Crippen LogP contribution >= 0.6 is 0 Å². The predicted molar refractivity (Wildman–Crippen MR) is 64.7 cm³/mol. The van der Waals surface area contributed by atoms with Gasteiger partial charge in [0.15, 0.2) is 24.8 Å². The molecule has 7 heteroatoms. The Morgan fingerprint density at radius 3 is 1.21 bits per heavy atom. The van der Waals surface area contributed by atoms with Crippen molar-refractivity contribution in [1.29, 1.82) is 0 Å². The van der Waals surface area contributed by atoms with Crippen LogP contribution in [0.25, 0.3) is 11.1 Å². The number of hydrogen-bond acceptors (Lipinski definition) is 4. The fraction of sp³-hybridized carbons (Fsp3) is 0.167. The molecule has 6 nitrogen and oxygen atoms in total. The molecular weight excluding hydrogens is 268 g/mol. The Kier molecular flexibility index (Phi) is 5.11. The second-order valence-corrected chi connectivity index (χ2v) is 4.73. The van der Waals surface area contributed by atoms with Crippen LogP contribution in [-0.4, -0.2) is 17.5 Å². The quantitative estimate of drug-likeness (QED) is 0.407. The molecule has 0 aliphatic heterocycles. The predicted octanol–water partition coefficient (Wildman–Crippen LogP) is -0.335. The lowest BCUT2D eigenvalue weighted by Gasteiger charge is -2.06. The molecule has 102 valence electrons. The van der Waals surface area contributed by atoms with E-state index in [1.54, 1.807) is 0 Å². The molecule has 0 unspecified atom stereocenters. The minimum absolute atomic E-state index is 1.25. The number of aryl methyl sites for hydroxylation is 2. The molecule has 2 aromatic heterocycles. The Labute approximate surface area is 112 Å². The smallest absolute Gasteiger partial charge is 0.169 e. The Morgan fingerprint density at radius 2 is 1.00 bits per heavy atom. The monoisotopic (exact) mass is 282 g/mol. The standard InChI is InChI=1S/C12H14N2.H2O4S/c1-13-7-3-11(4-8-13)12-5-9-14(2)10-6-12;1-5(2,3)4/h3-10H,1-2H3;(H2,1,2,3,4)/q+2;/p-2. The average molecular weight is 282 g/mol. The van der Waals surface area contributed by atoms with Crippen molar-refractivity contribution in [3.05, 3.63) is 49.1 Å². The van der Waals surface area contributed by atoms with Gasteiger partial charge in [-0.3, -0.25) is 8.42 Å². The Morgan fingerprint density at radius 1 is 0.789 bits per heavy atom. The summed E-state index contributed by atoms with van der Waals surface area (Å²) in [7, 11) is -1.12. The molecule has 0 bridgehead atoms. The van der Waals surface area contributed by atoms with E-state index in [2.05, 4.69) is 49.1 Å². The van der Waals surface area contributed by atoms with Crippen LogP contribution in [0.2, 0.25) is 0 Å². The molecule has 0 N–H and O–H groups in total. The summed E-state index contributed by atoms with van der Waals surface area (Å²) in [6.45, 7) is 0. The van der Waals surface area contributed by atoms with E-state index in [4.69, 9.17) is 17.5 Å². The normalized spacial score (nSPS) is 10.5. The topological polar surface area (TPSA) is 88.0 Å². The maximum absolute atomic E-state index is 8.52. The van der Waals surface area contributed by atoms with Gasteiger partial charge < -0.3 is 9.11 Å². The van der Waals surface area contributed by atoms with Gasteiger partial charge in [0.2, 0.25) is 0 Å². The molecule has 2 aromatic rings. The molecule has 0 atom stereocenters. The third kappa shape index (κ3) is 6.61. The van der Waals surface area contributed by atoms with E-state index in [-0.39, 0.29) is 0 Å². The second kappa shape index (κ2) is 6.37. The van der Waals surface area contributed by atoms with Gasteiger partial charge in [-0.25, -0.2) is 9.13 Å². The zero-order valence-corrected chi connectivity index (χ0v) is 11.4. The van der Waals surface area contributed by atoms with Gasteiger partial charge in [0.05, 0.1) is 0 Å². The van der Waals surface area contributed by atoms with Crippen LogP contribution in [0.1, 0.15) is 0 Å². The maximum Gasteiger partial charge on any atom is 0.169 e. The lowest BCUT2D eigenvalue weighted by molar-refractivity contribution is -0.671. The van der Waals surface area contributed by atoms with Crippen molar-refractivity contribution in [2.24, 2.45) is 14.1 Å². The molecule has 0 fully saturated rings. The number of pyridine rings is 2. The van der Waals surface area contributed by atoms with Crippen LogP contribution in [0.3, 0.4) is 0 Å². The number of nitrogens with zero attached hydrogens (tertiary/aromatic N) is 2. The third-order valence-corrected chi connectivity index (χ3v) is 2.29. The van der Waals surface area contributed by atoms with Crippen molar-refractivity contribution in [3.63, 3.8) is 0 Å². The summed E-state index contributed by atoms with van der Waals surface area (Å²) < 4.78 is 38.2. The van der Waals surface area contributed by atoms with Crippen molar-refractivity contribution in [1.82, 2.24) is 0 Å². The Balaban J connectivity index is 0.000000312. The molecule has 2 heterocycles. The summed E-state index contributed by atoms with van der Waals surface area (Å²) in [5, 5.41) is 0. The summed E-state index contributed by atoms with van der Waals surface area (Å²) in [5.74, 6) is 0. The molecule has 0 spiro atoms. The highest BCUT2D eigenvalue weighted by molar-refractivity contribution is 7.79. The van der Waals surface area contributed by atoms with Gasteiger partial charge in [0, 0.05) is 34.7 Å². The molecule has 0 amide bonds. The SMILES string of the molecule is C[n+]1ccc(-c2cc[n+](C)cc2)cc1.O=S(=O)([O-])[O-]. The Hall–Kier alpha value is -1.83. The van der Waals surface area contributed by atoms with Crippen LogP contribution in [0.15, 0.2) is 49.1 Å². The van der Waals surface area contributed by atoms with E-state index < -0.39 is 10.4 Å². The molecule has 0 saturated carbocycles. The lowest BCUT2D eigenvalue weighted by Crippen LogP contribution is -2.26. The van der Waals surface area contributed by atoms with E-state index in [0.717, 1.165) is 0 Å². The molecule has 2 rings (SSSR count). The van der Waals surface area contributed by atoms with Gasteiger partial charge in [-0.1, -0.05) is 0 Å². The zero-order chi connectivity index (χ0) is 14.5.